The smallest absolute Gasteiger partial charge is 0.237 e. The lowest BCUT2D eigenvalue weighted by atomic mass is 9.79. The van der Waals surface area contributed by atoms with Gasteiger partial charge in [-0.2, -0.15) is 0 Å². The molecule has 6 nitrogen and oxygen atoms in total. The zero-order chi connectivity index (χ0) is 15.1. The quantitative estimate of drug-likeness (QED) is 0.577. The van der Waals surface area contributed by atoms with Crippen LogP contribution in [-0.2, 0) is 19.0 Å². The molecule has 2 aliphatic rings. The van der Waals surface area contributed by atoms with Crippen LogP contribution in [0.1, 0.15) is 38.5 Å². The molecule has 0 aliphatic heterocycles. The SMILES string of the molecule is COCCOCCOC1CCCC(NC2CC2)(C(N)=O)C1. The van der Waals surface area contributed by atoms with Crippen molar-refractivity contribution in [3.63, 3.8) is 0 Å². The Morgan fingerprint density at radius 3 is 2.67 bits per heavy atom. The second-order valence-electron chi connectivity index (χ2n) is 6.06. The molecule has 0 spiro atoms. The minimum Gasteiger partial charge on any atom is -0.382 e. The van der Waals surface area contributed by atoms with Crippen molar-refractivity contribution in [2.75, 3.05) is 33.5 Å². The van der Waals surface area contributed by atoms with E-state index in [1.807, 2.05) is 0 Å². The Balaban J connectivity index is 1.72. The monoisotopic (exact) mass is 300 g/mol. The van der Waals surface area contributed by atoms with Crippen molar-refractivity contribution < 1.29 is 19.0 Å². The van der Waals surface area contributed by atoms with Gasteiger partial charge in [-0.05, 0) is 32.1 Å². The van der Waals surface area contributed by atoms with Crippen molar-refractivity contribution >= 4 is 5.91 Å². The molecule has 6 heteroatoms. The molecule has 1 amide bonds. The van der Waals surface area contributed by atoms with Crippen molar-refractivity contribution in [1.82, 2.24) is 5.32 Å². The number of primary amides is 1. The van der Waals surface area contributed by atoms with E-state index in [-0.39, 0.29) is 12.0 Å². The first kappa shape index (κ1) is 16.7. The van der Waals surface area contributed by atoms with E-state index >= 15 is 0 Å². The Morgan fingerprint density at radius 1 is 1.24 bits per heavy atom. The number of carbonyl (C=O) groups excluding carboxylic acids is 1. The predicted octanol–water partition coefficient (Wildman–Crippen LogP) is 0.585. The summed E-state index contributed by atoms with van der Waals surface area (Å²) >= 11 is 0. The molecule has 0 aromatic carbocycles. The van der Waals surface area contributed by atoms with Gasteiger partial charge in [-0.15, -0.1) is 0 Å². The summed E-state index contributed by atoms with van der Waals surface area (Å²) in [7, 11) is 1.65. The minimum absolute atomic E-state index is 0.0866. The van der Waals surface area contributed by atoms with Crippen LogP contribution in [0.2, 0.25) is 0 Å². The van der Waals surface area contributed by atoms with Gasteiger partial charge in [0, 0.05) is 19.6 Å². The first-order valence-electron chi connectivity index (χ1n) is 7.92. The number of methoxy groups -OCH3 is 1. The zero-order valence-corrected chi connectivity index (χ0v) is 12.9. The van der Waals surface area contributed by atoms with Crippen LogP contribution in [0.4, 0.5) is 0 Å². The normalized spacial score (nSPS) is 29.5. The van der Waals surface area contributed by atoms with Crippen molar-refractivity contribution in [3.05, 3.63) is 0 Å². The van der Waals surface area contributed by atoms with Crippen molar-refractivity contribution in [3.8, 4) is 0 Å². The molecule has 0 bridgehead atoms. The molecule has 2 fully saturated rings. The number of hydrogen-bond acceptors (Lipinski definition) is 5. The van der Waals surface area contributed by atoms with Gasteiger partial charge in [0.25, 0.3) is 0 Å². The Hall–Kier alpha value is -0.690. The van der Waals surface area contributed by atoms with E-state index < -0.39 is 5.54 Å². The molecule has 0 aromatic rings. The largest absolute Gasteiger partial charge is 0.382 e. The Labute approximate surface area is 126 Å². The molecular weight excluding hydrogens is 272 g/mol. The molecule has 122 valence electrons. The predicted molar refractivity (Wildman–Crippen MR) is 79.0 cm³/mol. The Bertz CT molecular complexity index is 336. The maximum atomic E-state index is 11.9. The van der Waals surface area contributed by atoms with Gasteiger partial charge in [-0.3, -0.25) is 4.79 Å². The molecule has 0 aromatic heterocycles. The molecular formula is C15H28N2O4. The van der Waals surface area contributed by atoms with Crippen LogP contribution in [0, 0.1) is 0 Å². The third-order valence-electron chi connectivity index (χ3n) is 4.25. The highest BCUT2D eigenvalue weighted by Crippen LogP contribution is 2.33. The summed E-state index contributed by atoms with van der Waals surface area (Å²) in [5.41, 5.74) is 5.09. The standard InChI is InChI=1S/C15H28N2O4/c1-19-7-8-20-9-10-21-13-3-2-6-15(11-13,14(16)18)17-12-4-5-12/h12-13,17H,2-11H2,1H3,(H2,16,18). The molecule has 2 rings (SSSR count). The Morgan fingerprint density at radius 2 is 2.00 bits per heavy atom. The average molecular weight is 300 g/mol. The number of nitrogens with one attached hydrogen (secondary N) is 1. The number of nitrogens with two attached hydrogens (primary N) is 1. The number of amides is 1. The molecule has 21 heavy (non-hydrogen) atoms. The maximum absolute atomic E-state index is 11.9. The van der Waals surface area contributed by atoms with Crippen molar-refractivity contribution in [2.45, 2.75) is 56.2 Å². The topological polar surface area (TPSA) is 82.8 Å². The van der Waals surface area contributed by atoms with E-state index in [0.717, 1.165) is 32.1 Å². The van der Waals surface area contributed by atoms with Gasteiger partial charge in [0.1, 0.15) is 5.54 Å². The maximum Gasteiger partial charge on any atom is 0.237 e. The van der Waals surface area contributed by atoms with Crippen LogP contribution in [0.3, 0.4) is 0 Å². The van der Waals surface area contributed by atoms with E-state index in [1.54, 1.807) is 7.11 Å². The fourth-order valence-electron chi connectivity index (χ4n) is 2.93. The van der Waals surface area contributed by atoms with Gasteiger partial charge >= 0.3 is 0 Å². The summed E-state index contributed by atoms with van der Waals surface area (Å²) in [5.74, 6) is -0.237. The van der Waals surface area contributed by atoms with E-state index in [9.17, 15) is 4.79 Å². The van der Waals surface area contributed by atoms with Crippen LogP contribution in [0.15, 0.2) is 0 Å². The summed E-state index contributed by atoms with van der Waals surface area (Å²) in [6, 6.07) is 0.466. The molecule has 0 heterocycles. The summed E-state index contributed by atoms with van der Waals surface area (Å²) in [5, 5.41) is 3.45. The van der Waals surface area contributed by atoms with Crippen LogP contribution in [0.25, 0.3) is 0 Å². The van der Waals surface area contributed by atoms with E-state index in [1.165, 1.54) is 0 Å². The van der Waals surface area contributed by atoms with Crippen molar-refractivity contribution in [1.29, 1.82) is 0 Å². The Kier molecular flexibility index (Phi) is 6.41. The summed E-state index contributed by atoms with van der Waals surface area (Å²) in [6.45, 7) is 2.28. The molecule has 2 unspecified atom stereocenters. The molecule has 0 radical (unpaired) electrons. The fraction of sp³-hybridized carbons (Fsp3) is 0.933. The third kappa shape index (κ3) is 5.21. The molecule has 2 saturated carbocycles. The van der Waals surface area contributed by atoms with Crippen LogP contribution in [-0.4, -0.2) is 57.1 Å². The van der Waals surface area contributed by atoms with Crippen LogP contribution in [0.5, 0.6) is 0 Å². The summed E-state index contributed by atoms with van der Waals surface area (Å²) in [6.07, 6.45) is 5.84. The van der Waals surface area contributed by atoms with Gasteiger partial charge in [0.05, 0.1) is 32.5 Å². The average Bonchev–Trinajstić information content (AvgIpc) is 3.27. The second-order valence-corrected chi connectivity index (χ2v) is 6.06. The second kappa shape index (κ2) is 8.08. The summed E-state index contributed by atoms with van der Waals surface area (Å²) < 4.78 is 16.1. The van der Waals surface area contributed by atoms with Gasteiger partial charge in [0.2, 0.25) is 5.91 Å². The molecule has 2 aliphatic carbocycles. The number of ether oxygens (including phenoxy) is 3. The van der Waals surface area contributed by atoms with Gasteiger partial charge in [-0.1, -0.05) is 0 Å². The van der Waals surface area contributed by atoms with Crippen LogP contribution >= 0.6 is 0 Å². The first-order chi connectivity index (χ1) is 10.2. The minimum atomic E-state index is -0.568. The lowest BCUT2D eigenvalue weighted by Gasteiger charge is -2.39. The van der Waals surface area contributed by atoms with E-state index in [2.05, 4.69) is 5.32 Å². The number of hydrogen-bond donors (Lipinski definition) is 2. The highest BCUT2D eigenvalue weighted by molar-refractivity contribution is 5.85. The van der Waals surface area contributed by atoms with Gasteiger partial charge < -0.3 is 25.3 Å². The highest BCUT2D eigenvalue weighted by atomic mass is 16.5. The van der Waals surface area contributed by atoms with Gasteiger partial charge in [-0.25, -0.2) is 0 Å². The molecule has 0 saturated heterocycles. The van der Waals surface area contributed by atoms with E-state index in [0.29, 0.717) is 38.9 Å². The number of rotatable bonds is 10. The number of carbonyl (C=O) groups is 1. The van der Waals surface area contributed by atoms with Crippen LogP contribution < -0.4 is 11.1 Å². The molecule has 3 N–H and O–H groups in total. The first-order valence-corrected chi connectivity index (χ1v) is 7.92. The van der Waals surface area contributed by atoms with E-state index in [4.69, 9.17) is 19.9 Å². The lowest BCUT2D eigenvalue weighted by molar-refractivity contribution is -0.129. The lowest BCUT2D eigenvalue weighted by Crippen LogP contribution is -2.59. The molecule has 2 atom stereocenters. The fourth-order valence-corrected chi connectivity index (χ4v) is 2.93. The zero-order valence-electron chi connectivity index (χ0n) is 12.9. The van der Waals surface area contributed by atoms with Crippen molar-refractivity contribution in [2.24, 2.45) is 5.73 Å². The van der Waals surface area contributed by atoms with Gasteiger partial charge in [0.15, 0.2) is 0 Å². The third-order valence-corrected chi connectivity index (χ3v) is 4.25. The summed E-state index contributed by atoms with van der Waals surface area (Å²) in [4.78, 5) is 11.9. The highest BCUT2D eigenvalue weighted by Gasteiger charge is 2.44.